The fourth-order valence-electron chi connectivity index (χ4n) is 1.52. The Kier molecular flexibility index (Phi) is 4.02. The minimum absolute atomic E-state index is 0.123. The summed E-state index contributed by atoms with van der Waals surface area (Å²) in [7, 11) is 0. The summed E-state index contributed by atoms with van der Waals surface area (Å²) in [6.45, 7) is 1.87. The van der Waals surface area contributed by atoms with E-state index < -0.39 is 11.8 Å². The van der Waals surface area contributed by atoms with Gasteiger partial charge in [-0.3, -0.25) is 0 Å². The van der Waals surface area contributed by atoms with Gasteiger partial charge in [-0.2, -0.15) is 0 Å². The van der Waals surface area contributed by atoms with Crippen LogP contribution in [0.2, 0.25) is 5.02 Å². The van der Waals surface area contributed by atoms with Gasteiger partial charge in [-0.25, -0.2) is 9.18 Å². The summed E-state index contributed by atoms with van der Waals surface area (Å²) in [6, 6.07) is 10.6. The smallest absolute Gasteiger partial charge is 0.308 e. The highest BCUT2D eigenvalue weighted by molar-refractivity contribution is 6.31. The van der Waals surface area contributed by atoms with Gasteiger partial charge in [0.15, 0.2) is 0 Å². The first-order chi connectivity index (χ1) is 9.06. The van der Waals surface area contributed by atoms with Gasteiger partial charge in [0.2, 0.25) is 0 Å². The Morgan fingerprint density at radius 3 is 2.58 bits per heavy atom. The maximum Gasteiger partial charge on any atom is 0.323 e. The van der Waals surface area contributed by atoms with Gasteiger partial charge in [0, 0.05) is 10.7 Å². The average molecular weight is 279 g/mol. The molecule has 0 radical (unpaired) electrons. The molecule has 0 unspecified atom stereocenters. The van der Waals surface area contributed by atoms with E-state index in [0.29, 0.717) is 10.7 Å². The maximum atomic E-state index is 13.3. The van der Waals surface area contributed by atoms with E-state index in [0.717, 1.165) is 5.56 Å². The third-order valence-corrected chi connectivity index (χ3v) is 2.96. The molecule has 3 nitrogen and oxygen atoms in total. The number of hydrogen-bond donors (Lipinski definition) is 2. The van der Waals surface area contributed by atoms with Gasteiger partial charge in [0.25, 0.3) is 0 Å². The highest BCUT2D eigenvalue weighted by Crippen LogP contribution is 2.20. The molecule has 0 heterocycles. The SMILES string of the molecule is Cc1ccc(NC(=O)Nc2ccccc2F)cc1Cl. The zero-order chi connectivity index (χ0) is 13.8. The molecule has 0 spiro atoms. The Morgan fingerprint density at radius 1 is 1.16 bits per heavy atom. The van der Waals surface area contributed by atoms with Crippen molar-refractivity contribution in [2.24, 2.45) is 0 Å². The van der Waals surface area contributed by atoms with Gasteiger partial charge in [0.05, 0.1) is 5.69 Å². The maximum absolute atomic E-state index is 13.3. The standard InChI is InChI=1S/C14H12ClFN2O/c1-9-6-7-10(8-11(9)15)17-14(19)18-13-5-3-2-4-12(13)16/h2-8H,1H3,(H2,17,18,19). The lowest BCUT2D eigenvalue weighted by Gasteiger charge is -2.09. The van der Waals surface area contributed by atoms with E-state index in [-0.39, 0.29) is 5.69 Å². The average Bonchev–Trinajstić information content (AvgIpc) is 2.37. The van der Waals surface area contributed by atoms with Crippen molar-refractivity contribution >= 4 is 29.0 Å². The van der Waals surface area contributed by atoms with Crippen molar-refractivity contribution in [1.82, 2.24) is 0 Å². The summed E-state index contributed by atoms with van der Waals surface area (Å²) in [5, 5.41) is 5.57. The summed E-state index contributed by atoms with van der Waals surface area (Å²) in [5.74, 6) is -0.486. The van der Waals surface area contributed by atoms with Crippen LogP contribution in [0.1, 0.15) is 5.56 Å². The number of carbonyl (C=O) groups excluding carboxylic acids is 1. The van der Waals surface area contributed by atoms with Gasteiger partial charge in [-0.05, 0) is 36.8 Å². The molecule has 0 bridgehead atoms. The fraction of sp³-hybridized carbons (Fsp3) is 0.0714. The number of rotatable bonds is 2. The van der Waals surface area contributed by atoms with Crippen molar-refractivity contribution in [1.29, 1.82) is 0 Å². The zero-order valence-corrected chi connectivity index (χ0v) is 11.0. The molecular weight excluding hydrogens is 267 g/mol. The molecule has 0 aliphatic heterocycles. The van der Waals surface area contributed by atoms with Gasteiger partial charge >= 0.3 is 6.03 Å². The van der Waals surface area contributed by atoms with Gasteiger partial charge in [-0.15, -0.1) is 0 Å². The van der Waals surface area contributed by atoms with Crippen molar-refractivity contribution in [3.63, 3.8) is 0 Å². The first-order valence-corrected chi connectivity index (χ1v) is 6.03. The summed E-state index contributed by atoms with van der Waals surface area (Å²) >= 11 is 5.95. The highest BCUT2D eigenvalue weighted by atomic mass is 35.5. The van der Waals surface area contributed by atoms with Crippen LogP contribution in [0, 0.1) is 12.7 Å². The predicted octanol–water partition coefficient (Wildman–Crippen LogP) is 4.43. The number of carbonyl (C=O) groups is 1. The Balaban J connectivity index is 2.05. The normalized spacial score (nSPS) is 10.1. The minimum Gasteiger partial charge on any atom is -0.308 e. The molecule has 0 saturated carbocycles. The Bertz CT molecular complexity index is 616. The van der Waals surface area contributed by atoms with E-state index in [1.807, 2.05) is 6.92 Å². The van der Waals surface area contributed by atoms with Crippen molar-refractivity contribution in [3.8, 4) is 0 Å². The van der Waals surface area contributed by atoms with Crippen LogP contribution >= 0.6 is 11.6 Å². The molecule has 0 fully saturated rings. The third kappa shape index (κ3) is 3.45. The number of para-hydroxylation sites is 1. The van der Waals surface area contributed by atoms with E-state index in [1.54, 1.807) is 30.3 Å². The monoisotopic (exact) mass is 278 g/mol. The minimum atomic E-state index is -0.523. The molecular formula is C14H12ClFN2O. The van der Waals surface area contributed by atoms with Crippen LogP contribution in [-0.2, 0) is 0 Å². The molecule has 0 aliphatic rings. The first kappa shape index (κ1) is 13.4. The third-order valence-electron chi connectivity index (χ3n) is 2.55. The molecule has 2 aromatic carbocycles. The summed E-state index contributed by atoms with van der Waals surface area (Å²) < 4.78 is 13.3. The van der Waals surface area contributed by atoms with Gasteiger partial charge in [-0.1, -0.05) is 29.8 Å². The summed E-state index contributed by atoms with van der Waals surface area (Å²) in [6.07, 6.45) is 0. The molecule has 2 aromatic rings. The number of halogens is 2. The van der Waals surface area contributed by atoms with E-state index >= 15 is 0 Å². The molecule has 98 valence electrons. The van der Waals surface area contributed by atoms with E-state index in [9.17, 15) is 9.18 Å². The summed E-state index contributed by atoms with van der Waals surface area (Å²) in [5.41, 5.74) is 1.59. The second kappa shape index (κ2) is 5.71. The molecule has 0 aromatic heterocycles. The van der Waals surface area contributed by atoms with E-state index in [4.69, 9.17) is 11.6 Å². The van der Waals surface area contributed by atoms with Crippen LogP contribution in [0.3, 0.4) is 0 Å². The lowest BCUT2D eigenvalue weighted by Crippen LogP contribution is -2.20. The van der Waals surface area contributed by atoms with Crippen LogP contribution in [0.15, 0.2) is 42.5 Å². The molecule has 0 saturated heterocycles. The van der Waals surface area contributed by atoms with Crippen LogP contribution in [0.5, 0.6) is 0 Å². The van der Waals surface area contributed by atoms with Crippen molar-refractivity contribution < 1.29 is 9.18 Å². The summed E-state index contributed by atoms with van der Waals surface area (Å²) in [4.78, 5) is 11.7. The lowest BCUT2D eigenvalue weighted by atomic mass is 10.2. The van der Waals surface area contributed by atoms with Crippen LogP contribution in [0.4, 0.5) is 20.6 Å². The van der Waals surface area contributed by atoms with Crippen LogP contribution in [-0.4, -0.2) is 6.03 Å². The van der Waals surface area contributed by atoms with Crippen LogP contribution in [0.25, 0.3) is 0 Å². The van der Waals surface area contributed by atoms with Gasteiger partial charge < -0.3 is 10.6 Å². The second-order valence-electron chi connectivity index (χ2n) is 4.02. The topological polar surface area (TPSA) is 41.1 Å². The Morgan fingerprint density at radius 2 is 1.89 bits per heavy atom. The van der Waals surface area contributed by atoms with Crippen LogP contribution < -0.4 is 10.6 Å². The molecule has 2 rings (SSSR count). The molecule has 5 heteroatoms. The number of anilines is 2. The van der Waals surface area contributed by atoms with Crippen molar-refractivity contribution in [2.45, 2.75) is 6.92 Å². The number of benzene rings is 2. The molecule has 2 amide bonds. The molecule has 0 atom stereocenters. The van der Waals surface area contributed by atoms with Crippen molar-refractivity contribution in [3.05, 3.63) is 58.9 Å². The molecule has 19 heavy (non-hydrogen) atoms. The lowest BCUT2D eigenvalue weighted by molar-refractivity contribution is 0.262. The molecule has 2 N–H and O–H groups in total. The van der Waals surface area contributed by atoms with Gasteiger partial charge in [0.1, 0.15) is 5.82 Å². The predicted molar refractivity (Wildman–Crippen MR) is 75.2 cm³/mol. The van der Waals surface area contributed by atoms with E-state index in [1.165, 1.54) is 12.1 Å². The number of nitrogens with one attached hydrogen (secondary N) is 2. The largest absolute Gasteiger partial charge is 0.323 e. The Hall–Kier alpha value is -2.07. The number of aryl methyl sites for hydroxylation is 1. The number of amides is 2. The quantitative estimate of drug-likeness (QED) is 0.838. The second-order valence-corrected chi connectivity index (χ2v) is 4.43. The highest BCUT2D eigenvalue weighted by Gasteiger charge is 2.06. The Labute approximate surface area is 115 Å². The molecule has 0 aliphatic carbocycles. The fourth-order valence-corrected chi connectivity index (χ4v) is 1.70. The van der Waals surface area contributed by atoms with E-state index in [2.05, 4.69) is 10.6 Å². The zero-order valence-electron chi connectivity index (χ0n) is 10.2. The number of hydrogen-bond acceptors (Lipinski definition) is 1. The number of urea groups is 1. The first-order valence-electron chi connectivity index (χ1n) is 5.65. The van der Waals surface area contributed by atoms with Crippen molar-refractivity contribution in [2.75, 3.05) is 10.6 Å².